The summed E-state index contributed by atoms with van der Waals surface area (Å²) >= 11 is 0. The lowest BCUT2D eigenvalue weighted by Crippen LogP contribution is -2.44. The molecule has 5 rings (SSSR count). The number of ether oxygens (including phenoxy) is 2. The number of rotatable bonds is 6. The number of amides is 2. The molecule has 1 aromatic heterocycles. The van der Waals surface area contributed by atoms with Gasteiger partial charge in [-0.25, -0.2) is 14.2 Å². The first-order valence-corrected chi connectivity index (χ1v) is 14.7. The summed E-state index contributed by atoms with van der Waals surface area (Å²) in [5, 5.41) is 1.61. The van der Waals surface area contributed by atoms with Gasteiger partial charge in [0.1, 0.15) is 11.4 Å². The van der Waals surface area contributed by atoms with Gasteiger partial charge < -0.3 is 14.4 Å². The Balaban J connectivity index is 1.53. The Kier molecular flexibility index (Phi) is 7.95. The molecule has 214 valence electrons. The highest BCUT2D eigenvalue weighted by molar-refractivity contribution is 7.88. The van der Waals surface area contributed by atoms with Gasteiger partial charge in [0, 0.05) is 41.6 Å². The van der Waals surface area contributed by atoms with Gasteiger partial charge in [-0.1, -0.05) is 30.3 Å². The molecule has 3 atom stereocenters. The summed E-state index contributed by atoms with van der Waals surface area (Å²) in [4.78, 5) is 35.1. The Labute approximate surface area is 241 Å². The third-order valence-corrected chi connectivity index (χ3v) is 8.11. The van der Waals surface area contributed by atoms with Gasteiger partial charge in [0.15, 0.2) is 0 Å². The Morgan fingerprint density at radius 2 is 1.83 bits per heavy atom. The van der Waals surface area contributed by atoms with E-state index in [1.54, 1.807) is 61.6 Å². The molecule has 2 aliphatic heterocycles. The van der Waals surface area contributed by atoms with Crippen molar-refractivity contribution < 1.29 is 27.7 Å². The van der Waals surface area contributed by atoms with Gasteiger partial charge in [-0.05, 0) is 67.3 Å². The molecule has 3 heterocycles. The zero-order valence-electron chi connectivity index (χ0n) is 23.4. The van der Waals surface area contributed by atoms with Crippen LogP contribution in [0.1, 0.15) is 37.8 Å². The van der Waals surface area contributed by atoms with Crippen molar-refractivity contribution in [3.63, 3.8) is 0 Å². The van der Waals surface area contributed by atoms with Crippen LogP contribution in [0.3, 0.4) is 0 Å². The molecule has 0 bridgehead atoms. The smallest absolute Gasteiger partial charge is 0.414 e. The van der Waals surface area contributed by atoms with Gasteiger partial charge in [0.05, 0.1) is 30.5 Å². The number of anilines is 1. The molecule has 0 saturated heterocycles. The van der Waals surface area contributed by atoms with E-state index in [1.165, 1.54) is 24.1 Å². The van der Waals surface area contributed by atoms with Crippen molar-refractivity contribution in [2.24, 2.45) is 0 Å². The average Bonchev–Trinajstić information content (AvgIpc) is 3.54. The van der Waals surface area contributed by atoms with Crippen LogP contribution in [0, 0.1) is 5.82 Å². The quantitative estimate of drug-likeness (QED) is 0.389. The van der Waals surface area contributed by atoms with Crippen LogP contribution in [0.4, 0.5) is 14.9 Å². The number of nitrogens with zero attached hydrogens (tertiary/aromatic N) is 3. The van der Waals surface area contributed by atoms with Gasteiger partial charge in [-0.3, -0.25) is 13.9 Å². The molecule has 10 heteroatoms. The van der Waals surface area contributed by atoms with Crippen LogP contribution in [0.15, 0.2) is 72.3 Å². The number of fused-ring (bicyclic) bond motifs is 1. The fraction of sp³-hybridized carbons (Fsp3) is 0.323. The predicted octanol–water partition coefficient (Wildman–Crippen LogP) is 5.41. The molecule has 3 unspecified atom stereocenters. The number of hydrogen-bond acceptors (Lipinski definition) is 6. The highest BCUT2D eigenvalue weighted by Gasteiger charge is 2.42. The van der Waals surface area contributed by atoms with Crippen molar-refractivity contribution in [2.75, 3.05) is 24.3 Å². The van der Waals surface area contributed by atoms with E-state index in [2.05, 4.69) is 4.98 Å². The molecule has 2 aromatic carbocycles. The van der Waals surface area contributed by atoms with Crippen LogP contribution in [0.25, 0.3) is 11.1 Å². The molecule has 0 saturated carbocycles. The van der Waals surface area contributed by atoms with Gasteiger partial charge in [0.2, 0.25) is 11.8 Å². The summed E-state index contributed by atoms with van der Waals surface area (Å²) in [5.74, 6) is -0.490. The van der Waals surface area contributed by atoms with Crippen LogP contribution in [-0.4, -0.2) is 57.1 Å². The van der Waals surface area contributed by atoms with E-state index in [9.17, 15) is 18.2 Å². The first kappa shape index (κ1) is 28.5. The lowest BCUT2D eigenvalue weighted by molar-refractivity contribution is -0.134. The highest BCUT2D eigenvalue weighted by Crippen LogP contribution is 2.41. The standard InChI is InChI=1S/C31H32FN3O5S/c1-31(2,3)40-30(37)35-18-26(25-10-7-22(16-27(25)35)21-5-8-23(32)9-6-21)29(36)34(24-12-14-41(38)19-24)17-20-11-13-33-28(15-20)39-4/h5-16,24,26H,17-19H2,1-4H3. The fourth-order valence-electron chi connectivity index (χ4n) is 5.04. The van der Waals surface area contributed by atoms with Crippen LogP contribution in [-0.2, 0) is 26.9 Å². The zero-order chi connectivity index (χ0) is 29.3. The van der Waals surface area contributed by atoms with Crippen LogP contribution in [0.2, 0.25) is 0 Å². The van der Waals surface area contributed by atoms with Crippen molar-refractivity contribution in [1.82, 2.24) is 9.88 Å². The van der Waals surface area contributed by atoms with E-state index in [0.29, 0.717) is 22.9 Å². The molecule has 2 aliphatic rings. The summed E-state index contributed by atoms with van der Waals surface area (Å²) in [6.07, 6.45) is 2.86. The topological polar surface area (TPSA) is 89.0 Å². The van der Waals surface area contributed by atoms with Crippen molar-refractivity contribution in [2.45, 2.75) is 44.9 Å². The maximum atomic E-state index is 14.3. The SMILES string of the molecule is COc1cc(CN(C(=O)C2CN(C(=O)OC(C)(C)C)c3cc(-c4ccc(F)cc4)ccc32)C2C=CS(=O)C2)ccn1. The second kappa shape index (κ2) is 11.4. The molecule has 2 amide bonds. The minimum Gasteiger partial charge on any atom is -0.481 e. The molecular formula is C31H32FN3O5S. The number of hydrogen-bond donors (Lipinski definition) is 0. The zero-order valence-corrected chi connectivity index (χ0v) is 24.2. The Morgan fingerprint density at radius 1 is 1.10 bits per heavy atom. The number of halogens is 1. The van der Waals surface area contributed by atoms with Crippen LogP contribution >= 0.6 is 0 Å². The number of benzene rings is 2. The molecule has 41 heavy (non-hydrogen) atoms. The number of carbonyl (C=O) groups excluding carboxylic acids is 2. The lowest BCUT2D eigenvalue weighted by atomic mass is 9.95. The molecule has 0 spiro atoms. The van der Waals surface area contributed by atoms with Gasteiger partial charge in [-0.2, -0.15) is 0 Å². The molecule has 8 nitrogen and oxygen atoms in total. The second-order valence-electron chi connectivity index (χ2n) is 11.0. The molecule has 3 aromatic rings. The lowest BCUT2D eigenvalue weighted by Gasteiger charge is -2.30. The average molecular weight is 578 g/mol. The van der Waals surface area contributed by atoms with E-state index in [1.807, 2.05) is 24.3 Å². The Bertz CT molecular complexity index is 1520. The monoisotopic (exact) mass is 577 g/mol. The number of methoxy groups -OCH3 is 1. The largest absolute Gasteiger partial charge is 0.481 e. The molecular weight excluding hydrogens is 545 g/mol. The first-order chi connectivity index (χ1) is 19.5. The maximum absolute atomic E-state index is 14.3. The highest BCUT2D eigenvalue weighted by atomic mass is 32.2. The van der Waals surface area contributed by atoms with Crippen molar-refractivity contribution in [3.05, 3.63) is 89.2 Å². The van der Waals surface area contributed by atoms with Crippen molar-refractivity contribution in [1.29, 1.82) is 0 Å². The van der Waals surface area contributed by atoms with Crippen LogP contribution in [0.5, 0.6) is 5.88 Å². The number of pyridine rings is 1. The van der Waals surface area contributed by atoms with E-state index >= 15 is 0 Å². The summed E-state index contributed by atoms with van der Waals surface area (Å²) in [6.45, 7) is 5.70. The van der Waals surface area contributed by atoms with Gasteiger partial charge in [0.25, 0.3) is 0 Å². The Morgan fingerprint density at radius 3 is 2.49 bits per heavy atom. The first-order valence-electron chi connectivity index (χ1n) is 13.3. The summed E-state index contributed by atoms with van der Waals surface area (Å²) < 4.78 is 36.8. The summed E-state index contributed by atoms with van der Waals surface area (Å²) in [6, 6.07) is 14.8. The predicted molar refractivity (Wildman–Crippen MR) is 155 cm³/mol. The molecule has 0 radical (unpaired) electrons. The minimum absolute atomic E-state index is 0.0889. The van der Waals surface area contributed by atoms with Crippen LogP contribution < -0.4 is 9.64 Å². The summed E-state index contributed by atoms with van der Waals surface area (Å²) in [5.41, 5.74) is 2.88. The molecule has 0 fully saturated rings. The normalized spacial score (nSPS) is 19.6. The van der Waals surface area contributed by atoms with Crippen molar-refractivity contribution in [3.8, 4) is 17.0 Å². The third kappa shape index (κ3) is 6.32. The number of carbonyl (C=O) groups is 2. The van der Waals surface area contributed by atoms with E-state index in [0.717, 1.165) is 16.7 Å². The third-order valence-electron chi connectivity index (χ3n) is 6.98. The fourth-order valence-corrected chi connectivity index (χ4v) is 6.14. The number of aromatic nitrogens is 1. The van der Waals surface area contributed by atoms with Crippen molar-refractivity contribution >= 4 is 28.5 Å². The summed E-state index contributed by atoms with van der Waals surface area (Å²) in [7, 11) is 0.351. The van der Waals surface area contributed by atoms with E-state index in [4.69, 9.17) is 9.47 Å². The van der Waals surface area contributed by atoms with Gasteiger partial charge in [-0.15, -0.1) is 0 Å². The Hall–Kier alpha value is -4.05. The second-order valence-corrected chi connectivity index (χ2v) is 12.4. The molecule has 0 N–H and O–H groups in total. The maximum Gasteiger partial charge on any atom is 0.414 e. The minimum atomic E-state index is -1.18. The van der Waals surface area contributed by atoms with Gasteiger partial charge >= 0.3 is 6.09 Å². The van der Waals surface area contributed by atoms with E-state index in [-0.39, 0.29) is 30.9 Å². The molecule has 0 aliphatic carbocycles. The van der Waals surface area contributed by atoms with E-state index < -0.39 is 28.4 Å².